The van der Waals surface area contributed by atoms with Crippen LogP contribution in [0.4, 0.5) is 4.39 Å². The Balaban J connectivity index is 2.11. The zero-order valence-corrected chi connectivity index (χ0v) is 15.5. The number of rotatable bonds is 6. The van der Waals surface area contributed by atoms with Gasteiger partial charge in [0.15, 0.2) is 17.7 Å². The van der Waals surface area contributed by atoms with Gasteiger partial charge >= 0.3 is 0 Å². The van der Waals surface area contributed by atoms with Crippen LogP contribution < -0.4 is 10.1 Å². The number of amides is 1. The summed E-state index contributed by atoms with van der Waals surface area (Å²) in [5.41, 5.74) is 4.64. The predicted molar refractivity (Wildman–Crippen MR) is 98.3 cm³/mol. The van der Waals surface area contributed by atoms with Crippen molar-refractivity contribution in [2.45, 2.75) is 53.2 Å². The van der Waals surface area contributed by atoms with E-state index in [0.717, 1.165) is 11.1 Å². The number of hydrogen-bond donors (Lipinski definition) is 1. The van der Waals surface area contributed by atoms with Crippen molar-refractivity contribution >= 4 is 5.91 Å². The van der Waals surface area contributed by atoms with Crippen LogP contribution in [0.3, 0.4) is 0 Å². The molecule has 0 aromatic heterocycles. The highest BCUT2D eigenvalue weighted by Crippen LogP contribution is 2.23. The summed E-state index contributed by atoms with van der Waals surface area (Å²) in [6, 6.07) is 10.2. The van der Waals surface area contributed by atoms with Gasteiger partial charge < -0.3 is 10.1 Å². The van der Waals surface area contributed by atoms with Gasteiger partial charge in [0.2, 0.25) is 0 Å². The maximum Gasteiger partial charge on any atom is 0.261 e. The fourth-order valence-electron chi connectivity index (χ4n) is 2.85. The molecule has 3 nitrogen and oxygen atoms in total. The van der Waals surface area contributed by atoms with E-state index < -0.39 is 11.9 Å². The van der Waals surface area contributed by atoms with E-state index in [1.807, 2.05) is 20.8 Å². The normalized spacial score (nSPS) is 13.2. The minimum atomic E-state index is -0.730. The number of para-hydroxylation sites is 1. The lowest BCUT2D eigenvalue weighted by molar-refractivity contribution is -0.128. The average molecular weight is 343 g/mol. The lowest BCUT2D eigenvalue weighted by Crippen LogP contribution is -2.39. The zero-order chi connectivity index (χ0) is 18.6. The van der Waals surface area contributed by atoms with Crippen molar-refractivity contribution in [1.82, 2.24) is 5.32 Å². The Hall–Kier alpha value is -2.36. The van der Waals surface area contributed by atoms with Crippen LogP contribution >= 0.6 is 0 Å². The Morgan fingerprint density at radius 2 is 1.76 bits per heavy atom. The molecule has 0 saturated heterocycles. The number of aryl methyl sites for hydroxylation is 3. The largest absolute Gasteiger partial charge is 0.478 e. The number of ether oxygens (including phenoxy) is 1. The average Bonchev–Trinajstić information content (AvgIpc) is 2.57. The van der Waals surface area contributed by atoms with E-state index in [4.69, 9.17) is 4.74 Å². The van der Waals surface area contributed by atoms with Gasteiger partial charge in [-0.2, -0.15) is 0 Å². The van der Waals surface area contributed by atoms with Gasteiger partial charge in [-0.1, -0.05) is 31.2 Å². The Kier molecular flexibility index (Phi) is 6.18. The molecule has 0 saturated carbocycles. The van der Waals surface area contributed by atoms with Crippen LogP contribution in [0.1, 0.15) is 48.6 Å². The van der Waals surface area contributed by atoms with E-state index in [2.05, 4.69) is 31.3 Å². The van der Waals surface area contributed by atoms with Gasteiger partial charge in [-0.15, -0.1) is 0 Å². The Labute approximate surface area is 149 Å². The SMILES string of the molecule is CC[C@H](Oc1ccccc1F)C(=O)N[C@H](C)c1cc(C)c(C)cc1C. The number of halogens is 1. The number of benzene rings is 2. The highest BCUT2D eigenvalue weighted by Gasteiger charge is 2.22. The van der Waals surface area contributed by atoms with Crippen molar-refractivity contribution in [3.05, 3.63) is 64.5 Å². The van der Waals surface area contributed by atoms with Crippen molar-refractivity contribution in [2.75, 3.05) is 0 Å². The second-order valence-electron chi connectivity index (χ2n) is 6.47. The Morgan fingerprint density at radius 3 is 2.40 bits per heavy atom. The Morgan fingerprint density at radius 1 is 1.12 bits per heavy atom. The molecular weight excluding hydrogens is 317 g/mol. The topological polar surface area (TPSA) is 38.3 Å². The van der Waals surface area contributed by atoms with Crippen molar-refractivity contribution < 1.29 is 13.9 Å². The van der Waals surface area contributed by atoms with Gasteiger partial charge in [0.25, 0.3) is 5.91 Å². The van der Waals surface area contributed by atoms with Crippen LogP contribution in [0.15, 0.2) is 36.4 Å². The lowest BCUT2D eigenvalue weighted by atomic mass is 9.96. The maximum atomic E-state index is 13.8. The molecule has 0 radical (unpaired) electrons. The van der Waals surface area contributed by atoms with E-state index in [9.17, 15) is 9.18 Å². The van der Waals surface area contributed by atoms with Crippen LogP contribution in [-0.2, 0) is 4.79 Å². The summed E-state index contributed by atoms with van der Waals surface area (Å²) in [6.45, 7) is 9.97. The second kappa shape index (κ2) is 8.15. The van der Waals surface area contributed by atoms with Crippen LogP contribution in [0.25, 0.3) is 0 Å². The van der Waals surface area contributed by atoms with Crippen LogP contribution in [0.5, 0.6) is 5.75 Å². The van der Waals surface area contributed by atoms with E-state index in [-0.39, 0.29) is 17.7 Å². The number of nitrogens with one attached hydrogen (secondary N) is 1. The first-order valence-electron chi connectivity index (χ1n) is 8.62. The molecule has 1 amide bonds. The summed E-state index contributed by atoms with van der Waals surface area (Å²) in [5, 5.41) is 2.99. The summed E-state index contributed by atoms with van der Waals surface area (Å²) >= 11 is 0. The van der Waals surface area contributed by atoms with Crippen LogP contribution in [0, 0.1) is 26.6 Å². The summed E-state index contributed by atoms with van der Waals surface area (Å²) < 4.78 is 19.3. The van der Waals surface area contributed by atoms with E-state index in [1.165, 1.54) is 23.3 Å². The molecule has 25 heavy (non-hydrogen) atoms. The summed E-state index contributed by atoms with van der Waals surface area (Å²) in [5.74, 6) is -0.609. The molecule has 0 heterocycles. The van der Waals surface area contributed by atoms with E-state index in [0.29, 0.717) is 6.42 Å². The molecule has 2 aromatic rings. The first-order valence-corrected chi connectivity index (χ1v) is 8.62. The summed E-state index contributed by atoms with van der Waals surface area (Å²) in [7, 11) is 0. The summed E-state index contributed by atoms with van der Waals surface area (Å²) in [6.07, 6.45) is -0.273. The molecule has 1 N–H and O–H groups in total. The second-order valence-corrected chi connectivity index (χ2v) is 6.47. The molecule has 0 spiro atoms. The summed E-state index contributed by atoms with van der Waals surface area (Å²) in [4.78, 5) is 12.6. The van der Waals surface area contributed by atoms with Gasteiger partial charge in [0.1, 0.15) is 0 Å². The lowest BCUT2D eigenvalue weighted by Gasteiger charge is -2.22. The molecule has 4 heteroatoms. The highest BCUT2D eigenvalue weighted by molar-refractivity contribution is 5.81. The van der Waals surface area contributed by atoms with Crippen molar-refractivity contribution in [2.24, 2.45) is 0 Å². The smallest absolute Gasteiger partial charge is 0.261 e. The quantitative estimate of drug-likeness (QED) is 0.819. The molecule has 0 aliphatic rings. The molecule has 2 rings (SSSR count). The number of carbonyl (C=O) groups excluding carboxylic acids is 1. The fraction of sp³-hybridized carbons (Fsp3) is 0.381. The van der Waals surface area contributed by atoms with Crippen molar-refractivity contribution in [1.29, 1.82) is 0 Å². The third-order valence-electron chi connectivity index (χ3n) is 4.48. The maximum absolute atomic E-state index is 13.8. The third kappa shape index (κ3) is 4.59. The molecule has 0 aliphatic carbocycles. The fourth-order valence-corrected chi connectivity index (χ4v) is 2.85. The minimum absolute atomic E-state index is 0.0968. The molecule has 0 bridgehead atoms. The van der Waals surface area contributed by atoms with Gasteiger partial charge in [-0.25, -0.2) is 4.39 Å². The van der Waals surface area contributed by atoms with E-state index >= 15 is 0 Å². The monoisotopic (exact) mass is 343 g/mol. The van der Waals surface area contributed by atoms with Gasteiger partial charge in [-0.3, -0.25) is 4.79 Å². The molecular formula is C21H26FNO2. The van der Waals surface area contributed by atoms with E-state index in [1.54, 1.807) is 12.1 Å². The molecule has 0 unspecified atom stereocenters. The molecule has 2 atom stereocenters. The molecule has 134 valence electrons. The van der Waals surface area contributed by atoms with Crippen LogP contribution in [-0.4, -0.2) is 12.0 Å². The van der Waals surface area contributed by atoms with Crippen molar-refractivity contribution in [3.63, 3.8) is 0 Å². The first kappa shape index (κ1) is 19.0. The number of carbonyl (C=O) groups is 1. The molecule has 0 aliphatic heterocycles. The highest BCUT2D eigenvalue weighted by atomic mass is 19.1. The zero-order valence-electron chi connectivity index (χ0n) is 15.5. The number of hydrogen-bond acceptors (Lipinski definition) is 2. The molecule has 0 fully saturated rings. The Bertz CT molecular complexity index is 758. The molecule has 2 aromatic carbocycles. The van der Waals surface area contributed by atoms with Crippen LogP contribution in [0.2, 0.25) is 0 Å². The standard InChI is InChI=1S/C21H26FNO2/c1-6-19(25-20-10-8-7-9-18(20)22)21(24)23-16(5)17-12-14(3)13(2)11-15(17)4/h7-12,16,19H,6H2,1-5H3,(H,23,24)/t16-,19+/m1/s1. The third-order valence-corrected chi connectivity index (χ3v) is 4.48. The minimum Gasteiger partial charge on any atom is -0.478 e. The van der Waals surface area contributed by atoms with Gasteiger partial charge in [0.05, 0.1) is 6.04 Å². The first-order chi connectivity index (χ1) is 11.8. The van der Waals surface area contributed by atoms with Gasteiger partial charge in [0, 0.05) is 0 Å². The predicted octanol–water partition coefficient (Wildman–Crippen LogP) is 4.79. The van der Waals surface area contributed by atoms with Crippen molar-refractivity contribution in [3.8, 4) is 5.75 Å². The van der Waals surface area contributed by atoms with Gasteiger partial charge in [-0.05, 0) is 68.5 Å².